The maximum atomic E-state index is 13.5. The molecule has 7 nitrogen and oxygen atoms in total. The molecule has 182 valence electrons. The Kier molecular flexibility index (Phi) is 5.45. The minimum absolute atomic E-state index is 0.0729. The molecule has 0 saturated carbocycles. The van der Waals surface area contributed by atoms with Crippen molar-refractivity contribution in [1.82, 2.24) is 19.3 Å². The summed E-state index contributed by atoms with van der Waals surface area (Å²) in [6.07, 6.45) is 3.69. The SMILES string of the molecule is COc1ccccc1-n1nc2c3c(O)cccc3n(Cc3ccc(-c4ccc(C)nc4)cc3)cc-2c1=O. The van der Waals surface area contributed by atoms with E-state index in [2.05, 4.69) is 40.4 Å². The summed E-state index contributed by atoms with van der Waals surface area (Å²) < 4.78 is 8.77. The van der Waals surface area contributed by atoms with E-state index < -0.39 is 0 Å². The quantitative estimate of drug-likeness (QED) is 0.350. The third-order valence-electron chi connectivity index (χ3n) is 6.59. The maximum absolute atomic E-state index is 13.5. The first-order valence-electron chi connectivity index (χ1n) is 11.9. The number of aryl methyl sites for hydroxylation is 1. The van der Waals surface area contributed by atoms with Gasteiger partial charge in [-0.1, -0.05) is 48.5 Å². The van der Waals surface area contributed by atoms with Crippen molar-refractivity contribution in [3.05, 3.63) is 113 Å². The number of phenolic OH excluding ortho intramolecular Hbond substituents is 1. The maximum Gasteiger partial charge on any atom is 0.282 e. The number of fused-ring (bicyclic) bond motifs is 3. The average Bonchev–Trinajstić information content (AvgIpc) is 3.25. The smallest absolute Gasteiger partial charge is 0.282 e. The van der Waals surface area contributed by atoms with Crippen molar-refractivity contribution >= 4 is 10.9 Å². The predicted octanol–water partition coefficient (Wildman–Crippen LogP) is 5.42. The molecule has 0 bridgehead atoms. The fourth-order valence-electron chi connectivity index (χ4n) is 4.69. The molecule has 7 heteroatoms. The van der Waals surface area contributed by atoms with Gasteiger partial charge in [-0.05, 0) is 48.4 Å². The minimum Gasteiger partial charge on any atom is -0.507 e. The third kappa shape index (κ3) is 3.90. The molecule has 0 unspecified atom stereocenters. The Morgan fingerprint density at radius 2 is 1.70 bits per heavy atom. The van der Waals surface area contributed by atoms with Gasteiger partial charge in [0.2, 0.25) is 0 Å². The summed E-state index contributed by atoms with van der Waals surface area (Å²) in [5.41, 5.74) is 6.09. The fraction of sp³-hybridized carbons (Fsp3) is 0.100. The molecular weight excluding hydrogens is 464 g/mol. The summed E-state index contributed by atoms with van der Waals surface area (Å²) in [7, 11) is 1.56. The van der Waals surface area contributed by atoms with Gasteiger partial charge in [0.05, 0.1) is 23.6 Å². The highest BCUT2D eigenvalue weighted by Crippen LogP contribution is 2.35. The van der Waals surface area contributed by atoms with E-state index in [0.29, 0.717) is 34.6 Å². The van der Waals surface area contributed by atoms with Crippen LogP contribution in [0.25, 0.3) is 39.0 Å². The van der Waals surface area contributed by atoms with Crippen molar-refractivity contribution in [2.24, 2.45) is 0 Å². The van der Waals surface area contributed by atoms with Gasteiger partial charge in [0, 0.05) is 30.2 Å². The highest BCUT2D eigenvalue weighted by molar-refractivity contribution is 5.98. The average molecular weight is 489 g/mol. The summed E-state index contributed by atoms with van der Waals surface area (Å²) in [6.45, 7) is 2.48. The molecule has 0 radical (unpaired) electrons. The van der Waals surface area contributed by atoms with E-state index in [9.17, 15) is 9.90 Å². The van der Waals surface area contributed by atoms with Crippen LogP contribution in [0.5, 0.6) is 11.5 Å². The van der Waals surface area contributed by atoms with E-state index in [4.69, 9.17) is 4.74 Å². The van der Waals surface area contributed by atoms with E-state index in [1.165, 1.54) is 4.68 Å². The summed E-state index contributed by atoms with van der Waals surface area (Å²) in [5, 5.41) is 16.0. The summed E-state index contributed by atoms with van der Waals surface area (Å²) >= 11 is 0. The molecule has 2 aliphatic heterocycles. The Balaban J connectivity index is 1.47. The zero-order chi connectivity index (χ0) is 25.5. The molecule has 3 aromatic carbocycles. The standard InChI is InChI=1S/C30H24N4O3/c1-19-10-13-22(16-31-19)21-14-11-20(12-15-21)17-33-18-23-29(28-25(33)7-5-8-26(28)35)32-34(30(23)36)24-6-3-4-9-27(24)37-2/h3-16,18,35H,17H2,1-2H3. The number of benzene rings is 3. The van der Waals surface area contributed by atoms with Crippen LogP contribution in [0.1, 0.15) is 11.3 Å². The second-order valence-corrected chi connectivity index (χ2v) is 8.96. The number of hydrogen-bond acceptors (Lipinski definition) is 5. The molecule has 0 fully saturated rings. The van der Waals surface area contributed by atoms with Gasteiger partial charge in [-0.15, -0.1) is 0 Å². The Labute approximate surface area is 213 Å². The molecule has 1 aromatic heterocycles. The Morgan fingerprint density at radius 1 is 0.919 bits per heavy atom. The number of ether oxygens (including phenoxy) is 1. The Hall–Kier alpha value is -4.91. The summed E-state index contributed by atoms with van der Waals surface area (Å²) in [4.78, 5) is 17.9. The molecule has 0 spiro atoms. The molecule has 0 saturated heterocycles. The van der Waals surface area contributed by atoms with Gasteiger partial charge >= 0.3 is 0 Å². The van der Waals surface area contributed by atoms with Crippen LogP contribution in [0.3, 0.4) is 0 Å². The number of pyridine rings is 2. The van der Waals surface area contributed by atoms with Crippen LogP contribution in [0, 0.1) is 6.92 Å². The highest BCUT2D eigenvalue weighted by Gasteiger charge is 2.24. The Morgan fingerprint density at radius 3 is 2.46 bits per heavy atom. The van der Waals surface area contributed by atoms with Crippen molar-refractivity contribution in [1.29, 1.82) is 0 Å². The number of nitrogens with zero attached hydrogens (tertiary/aromatic N) is 4. The van der Waals surface area contributed by atoms with Crippen molar-refractivity contribution < 1.29 is 9.84 Å². The first-order valence-corrected chi connectivity index (χ1v) is 11.9. The normalized spacial score (nSPS) is 11.3. The van der Waals surface area contributed by atoms with E-state index in [1.807, 2.05) is 48.1 Å². The molecule has 0 atom stereocenters. The molecule has 3 heterocycles. The molecule has 1 N–H and O–H groups in total. The van der Waals surface area contributed by atoms with Crippen LogP contribution in [0.4, 0.5) is 0 Å². The second kappa shape index (κ2) is 8.95. The summed E-state index contributed by atoms with van der Waals surface area (Å²) in [5.74, 6) is 0.612. The number of methoxy groups -OCH3 is 1. The van der Waals surface area contributed by atoms with Crippen LogP contribution in [-0.4, -0.2) is 31.5 Å². The lowest BCUT2D eigenvalue weighted by molar-refractivity contribution is 0.411. The van der Waals surface area contributed by atoms with Crippen LogP contribution in [-0.2, 0) is 6.54 Å². The zero-order valence-corrected chi connectivity index (χ0v) is 20.4. The van der Waals surface area contributed by atoms with Crippen LogP contribution >= 0.6 is 0 Å². The first kappa shape index (κ1) is 22.5. The second-order valence-electron chi connectivity index (χ2n) is 8.96. The molecule has 4 aromatic rings. The van der Waals surface area contributed by atoms with Gasteiger partial charge in [-0.2, -0.15) is 9.78 Å². The Bertz CT molecular complexity index is 1770. The van der Waals surface area contributed by atoms with E-state index >= 15 is 0 Å². The first-order chi connectivity index (χ1) is 18.0. The van der Waals surface area contributed by atoms with E-state index in [-0.39, 0.29) is 11.3 Å². The van der Waals surface area contributed by atoms with E-state index in [0.717, 1.165) is 27.9 Å². The van der Waals surface area contributed by atoms with Crippen molar-refractivity contribution in [3.63, 3.8) is 0 Å². The lowest BCUT2D eigenvalue weighted by Gasteiger charge is -2.15. The van der Waals surface area contributed by atoms with Crippen molar-refractivity contribution in [2.75, 3.05) is 7.11 Å². The molecule has 2 aliphatic rings. The van der Waals surface area contributed by atoms with Gasteiger partial charge in [0.15, 0.2) is 0 Å². The van der Waals surface area contributed by atoms with Crippen LogP contribution in [0.15, 0.2) is 96.1 Å². The van der Waals surface area contributed by atoms with Gasteiger partial charge in [0.1, 0.15) is 22.9 Å². The number of para-hydroxylation sites is 2. The van der Waals surface area contributed by atoms with Crippen molar-refractivity contribution in [2.45, 2.75) is 13.5 Å². The number of aromatic nitrogens is 4. The number of phenols is 1. The molecule has 37 heavy (non-hydrogen) atoms. The monoisotopic (exact) mass is 488 g/mol. The largest absolute Gasteiger partial charge is 0.507 e. The topological polar surface area (TPSA) is 82.2 Å². The van der Waals surface area contributed by atoms with Gasteiger partial charge < -0.3 is 14.4 Å². The van der Waals surface area contributed by atoms with Crippen LogP contribution < -0.4 is 10.3 Å². The van der Waals surface area contributed by atoms with Gasteiger partial charge in [0.25, 0.3) is 5.56 Å². The third-order valence-corrected chi connectivity index (χ3v) is 6.59. The number of aromatic hydroxyl groups is 1. The van der Waals surface area contributed by atoms with E-state index in [1.54, 1.807) is 31.4 Å². The molecule has 0 aliphatic carbocycles. The van der Waals surface area contributed by atoms with Crippen molar-refractivity contribution in [3.8, 4) is 39.6 Å². The predicted molar refractivity (Wildman–Crippen MR) is 144 cm³/mol. The van der Waals surface area contributed by atoms with Gasteiger partial charge in [-0.3, -0.25) is 9.78 Å². The minimum atomic E-state index is -0.277. The van der Waals surface area contributed by atoms with Gasteiger partial charge in [-0.25, -0.2) is 0 Å². The molecule has 0 amide bonds. The lowest BCUT2D eigenvalue weighted by atomic mass is 10.0. The fourth-order valence-corrected chi connectivity index (χ4v) is 4.69. The zero-order valence-electron chi connectivity index (χ0n) is 20.4. The van der Waals surface area contributed by atoms with Crippen LogP contribution in [0.2, 0.25) is 0 Å². The highest BCUT2D eigenvalue weighted by atomic mass is 16.5. The molecular formula is C30H24N4O3. The lowest BCUT2D eigenvalue weighted by Crippen LogP contribution is -2.16. The number of rotatable bonds is 5. The summed E-state index contributed by atoms with van der Waals surface area (Å²) in [6, 6.07) is 24.9. The molecule has 6 rings (SSSR count). The number of hydrogen-bond donors (Lipinski definition) is 1.